The molecule has 412 valence electrons. The summed E-state index contributed by atoms with van der Waals surface area (Å²) in [5.41, 5.74) is 0. The third-order valence-corrected chi connectivity index (χ3v) is 14.8. The molecule has 0 aromatic rings. The lowest BCUT2D eigenvalue weighted by Crippen LogP contribution is -2.37. The van der Waals surface area contributed by atoms with E-state index in [0.29, 0.717) is 24.1 Å². The molecular weight excluding hydrogens is 878 g/mol. The lowest BCUT2D eigenvalue weighted by atomic mass is 10.0. The van der Waals surface area contributed by atoms with Gasteiger partial charge in [-0.1, -0.05) is 276 Å². The molecule has 0 radical (unpaired) electrons. The van der Waals surface area contributed by atoms with Gasteiger partial charge in [0.25, 0.3) is 7.82 Å². The molecule has 69 heavy (non-hydrogen) atoms. The minimum Gasteiger partial charge on any atom is -0.756 e. The van der Waals surface area contributed by atoms with Crippen LogP contribution in [-0.4, -0.2) is 70.7 Å². The Morgan fingerprint density at radius 2 is 0.754 bits per heavy atom. The van der Waals surface area contributed by atoms with Gasteiger partial charge in [-0.25, -0.2) is 0 Å². The van der Waals surface area contributed by atoms with Gasteiger partial charge in [0.15, 0.2) is 0 Å². The van der Waals surface area contributed by atoms with Crippen LogP contribution in [0.2, 0.25) is 0 Å². The van der Waals surface area contributed by atoms with Crippen molar-refractivity contribution in [2.24, 2.45) is 0 Å². The predicted molar refractivity (Wildman–Crippen MR) is 296 cm³/mol. The van der Waals surface area contributed by atoms with Gasteiger partial charge in [0, 0.05) is 13.0 Å². The van der Waals surface area contributed by atoms with Gasteiger partial charge in [0.1, 0.15) is 19.3 Å². The maximum Gasteiger partial charge on any atom is 0.306 e. The third kappa shape index (κ3) is 58.0. The standard InChI is InChI=1S/C60H120NO7P/c1-6-8-10-12-14-16-18-20-22-24-26-28-30-31-32-33-35-37-39-41-43-45-47-49-51-53-60(62)68-59(58-67-69(63,64)66-56-54-61(3,4)5)57-65-55-52-50-48-46-44-42-40-38-36-34-29-27-25-23-21-19-17-15-13-11-9-7-2/h24,26,59H,6-23,25,27-58H2,1-5H3/b26-24-. The first kappa shape index (κ1) is 68.2. The number of phosphoric ester groups is 1. The number of rotatable bonds is 58. The molecular formula is C60H120NO7P. The van der Waals surface area contributed by atoms with E-state index in [2.05, 4.69) is 26.0 Å². The molecule has 0 saturated heterocycles. The van der Waals surface area contributed by atoms with Crippen LogP contribution in [-0.2, 0) is 27.9 Å². The van der Waals surface area contributed by atoms with Crippen LogP contribution in [0.3, 0.4) is 0 Å². The third-order valence-electron chi connectivity index (χ3n) is 13.8. The molecule has 0 saturated carbocycles. The number of allylic oxidation sites excluding steroid dienone is 2. The van der Waals surface area contributed by atoms with Crippen LogP contribution in [0.4, 0.5) is 0 Å². The zero-order valence-corrected chi connectivity index (χ0v) is 47.9. The minimum absolute atomic E-state index is 0.0304. The highest BCUT2D eigenvalue weighted by molar-refractivity contribution is 7.45. The second-order valence-corrected chi connectivity index (χ2v) is 23.5. The molecule has 0 aliphatic heterocycles. The van der Waals surface area contributed by atoms with Crippen molar-refractivity contribution in [3.8, 4) is 0 Å². The Labute approximate surface area is 431 Å². The Morgan fingerprint density at radius 1 is 0.435 bits per heavy atom. The average Bonchev–Trinajstić information content (AvgIpc) is 3.31. The molecule has 9 heteroatoms. The molecule has 0 heterocycles. The first-order valence-corrected chi connectivity index (χ1v) is 31.9. The first-order chi connectivity index (χ1) is 33.6. The molecule has 0 amide bonds. The summed E-state index contributed by atoms with van der Waals surface area (Å²) in [4.78, 5) is 25.3. The summed E-state index contributed by atoms with van der Waals surface area (Å²) in [6, 6.07) is 0. The number of hydrogen-bond donors (Lipinski definition) is 0. The maximum absolute atomic E-state index is 12.8. The fourth-order valence-electron chi connectivity index (χ4n) is 9.13. The number of carbonyl (C=O) groups excluding carboxylic acids is 1. The van der Waals surface area contributed by atoms with E-state index in [0.717, 1.165) is 32.1 Å². The summed E-state index contributed by atoms with van der Waals surface area (Å²) in [5, 5.41) is 0. The monoisotopic (exact) mass is 998 g/mol. The number of phosphoric acid groups is 1. The number of nitrogens with zero attached hydrogens (tertiary/aromatic N) is 1. The summed E-state index contributed by atoms with van der Waals surface area (Å²) in [6.45, 7) is 5.50. The van der Waals surface area contributed by atoms with Gasteiger partial charge in [-0.15, -0.1) is 0 Å². The lowest BCUT2D eigenvalue weighted by Gasteiger charge is -2.28. The second-order valence-electron chi connectivity index (χ2n) is 22.1. The molecule has 0 aromatic heterocycles. The molecule has 0 aliphatic carbocycles. The maximum atomic E-state index is 12.8. The molecule has 0 rings (SSSR count). The number of hydrogen-bond acceptors (Lipinski definition) is 7. The number of unbranched alkanes of at least 4 members (excludes halogenated alkanes) is 42. The summed E-state index contributed by atoms with van der Waals surface area (Å²) in [6.07, 6.45) is 64.1. The van der Waals surface area contributed by atoms with Crippen LogP contribution in [0, 0.1) is 0 Å². The van der Waals surface area contributed by atoms with E-state index in [1.54, 1.807) is 0 Å². The number of ether oxygens (including phenoxy) is 2. The zero-order valence-electron chi connectivity index (χ0n) is 47.0. The van der Waals surface area contributed by atoms with Gasteiger partial charge in [0.2, 0.25) is 0 Å². The lowest BCUT2D eigenvalue weighted by molar-refractivity contribution is -0.870. The van der Waals surface area contributed by atoms with Crippen molar-refractivity contribution >= 4 is 13.8 Å². The van der Waals surface area contributed by atoms with Crippen molar-refractivity contribution in [2.45, 2.75) is 315 Å². The van der Waals surface area contributed by atoms with Crippen LogP contribution in [0.1, 0.15) is 309 Å². The smallest absolute Gasteiger partial charge is 0.306 e. The highest BCUT2D eigenvalue weighted by atomic mass is 31.2. The van der Waals surface area contributed by atoms with Gasteiger partial charge in [-0.2, -0.15) is 0 Å². The van der Waals surface area contributed by atoms with Crippen LogP contribution >= 0.6 is 7.82 Å². The second kappa shape index (κ2) is 53.5. The molecule has 0 bridgehead atoms. The number of likely N-dealkylation sites (N-methyl/N-ethyl adjacent to an activating group) is 1. The summed E-state index contributed by atoms with van der Waals surface area (Å²) >= 11 is 0. The fraction of sp³-hybridized carbons (Fsp3) is 0.950. The fourth-order valence-corrected chi connectivity index (χ4v) is 9.86. The Bertz CT molecular complexity index is 1110. The quantitative estimate of drug-likeness (QED) is 0.0197. The van der Waals surface area contributed by atoms with Gasteiger partial charge in [-0.05, 0) is 38.5 Å². The van der Waals surface area contributed by atoms with E-state index < -0.39 is 13.9 Å². The molecule has 0 spiro atoms. The van der Waals surface area contributed by atoms with Gasteiger partial charge >= 0.3 is 5.97 Å². The molecule has 0 aliphatic rings. The van der Waals surface area contributed by atoms with Crippen molar-refractivity contribution in [3.05, 3.63) is 12.2 Å². The normalized spacial score (nSPS) is 13.4. The van der Waals surface area contributed by atoms with Gasteiger partial charge in [-0.3, -0.25) is 9.36 Å². The first-order valence-electron chi connectivity index (χ1n) is 30.4. The zero-order chi connectivity index (χ0) is 50.5. The molecule has 0 aromatic carbocycles. The Hall–Kier alpha value is -0.760. The highest BCUT2D eigenvalue weighted by Crippen LogP contribution is 2.38. The van der Waals surface area contributed by atoms with E-state index in [1.807, 2.05) is 21.1 Å². The SMILES string of the molecule is CCCCCCCCCC/C=C\CCCCCCCCCCCCCCCC(=O)OC(COCCCCCCCCCCCCCCCCCCCCCCCC)COP(=O)([O-])OCC[N+](C)(C)C. The van der Waals surface area contributed by atoms with Crippen molar-refractivity contribution in [2.75, 3.05) is 54.1 Å². The highest BCUT2D eigenvalue weighted by Gasteiger charge is 2.20. The van der Waals surface area contributed by atoms with Crippen LogP contribution < -0.4 is 4.89 Å². The van der Waals surface area contributed by atoms with E-state index in [-0.39, 0.29) is 25.8 Å². The van der Waals surface area contributed by atoms with Crippen LogP contribution in [0.5, 0.6) is 0 Å². The van der Waals surface area contributed by atoms with Crippen molar-refractivity contribution in [1.82, 2.24) is 0 Å². The molecule has 0 fully saturated rings. The van der Waals surface area contributed by atoms with Gasteiger partial charge < -0.3 is 27.9 Å². The summed E-state index contributed by atoms with van der Waals surface area (Å²) in [7, 11) is 1.38. The van der Waals surface area contributed by atoms with Crippen molar-refractivity contribution < 1.29 is 37.3 Å². The minimum atomic E-state index is -4.53. The Kier molecular flexibility index (Phi) is 52.9. The Morgan fingerprint density at radius 3 is 1.10 bits per heavy atom. The van der Waals surface area contributed by atoms with Crippen LogP contribution in [0.25, 0.3) is 0 Å². The van der Waals surface area contributed by atoms with Crippen molar-refractivity contribution in [3.63, 3.8) is 0 Å². The van der Waals surface area contributed by atoms with Crippen molar-refractivity contribution in [1.29, 1.82) is 0 Å². The summed E-state index contributed by atoms with van der Waals surface area (Å²) in [5.74, 6) is -0.325. The summed E-state index contributed by atoms with van der Waals surface area (Å²) < 4.78 is 34.9. The topological polar surface area (TPSA) is 94.1 Å². The molecule has 8 nitrogen and oxygen atoms in total. The number of quaternary nitrogens is 1. The van der Waals surface area contributed by atoms with Crippen LogP contribution in [0.15, 0.2) is 12.2 Å². The number of esters is 1. The number of carbonyl (C=O) groups is 1. The largest absolute Gasteiger partial charge is 0.756 e. The van der Waals surface area contributed by atoms with E-state index in [4.69, 9.17) is 18.5 Å². The average molecular weight is 999 g/mol. The van der Waals surface area contributed by atoms with E-state index in [9.17, 15) is 14.3 Å². The van der Waals surface area contributed by atoms with Gasteiger partial charge in [0.05, 0.1) is 34.4 Å². The predicted octanol–water partition coefficient (Wildman–Crippen LogP) is 18.7. The molecule has 2 atom stereocenters. The molecule has 2 unspecified atom stereocenters. The van der Waals surface area contributed by atoms with E-state index >= 15 is 0 Å². The molecule has 0 N–H and O–H groups in total. The van der Waals surface area contributed by atoms with E-state index in [1.165, 1.54) is 257 Å². The Balaban J connectivity index is 3.99.